The van der Waals surface area contributed by atoms with Crippen molar-refractivity contribution < 1.29 is 4.79 Å². The molecule has 1 heterocycles. The fraction of sp³-hybridized carbons (Fsp3) is 0.412. The largest absolute Gasteiger partial charge is 0.293 e. The number of aromatic nitrogens is 1. The molecular weight excluding hydrogens is 234 g/mol. The van der Waals surface area contributed by atoms with Gasteiger partial charge in [0.05, 0.1) is 5.41 Å². The molecule has 1 aromatic heterocycles. The number of Topliss-reactive ketones (excluding diaryl/α,β-unsaturated/α-hetero) is 1. The lowest BCUT2D eigenvalue weighted by atomic mass is 9.85. The van der Waals surface area contributed by atoms with Gasteiger partial charge in [-0.15, -0.1) is 0 Å². The molecule has 0 radical (unpaired) electrons. The fourth-order valence-corrected chi connectivity index (χ4v) is 2.36. The van der Waals surface area contributed by atoms with Crippen molar-refractivity contribution in [2.75, 3.05) is 0 Å². The van der Waals surface area contributed by atoms with E-state index in [9.17, 15) is 4.79 Å². The molecule has 0 bridgehead atoms. The molecule has 1 aliphatic rings. The Morgan fingerprint density at radius 2 is 1.63 bits per heavy atom. The molecule has 102 valence electrons. The molecule has 0 spiro atoms. The van der Waals surface area contributed by atoms with Gasteiger partial charge in [-0.25, -0.2) is 0 Å². The maximum Gasteiger partial charge on any atom is 0.173 e. The van der Waals surface area contributed by atoms with E-state index in [4.69, 9.17) is 0 Å². The molecule has 1 aliphatic carbocycles. The highest BCUT2D eigenvalue weighted by molar-refractivity contribution is 6.19. The number of rotatable bonds is 0. The van der Waals surface area contributed by atoms with E-state index in [1.165, 1.54) is 0 Å². The van der Waals surface area contributed by atoms with E-state index in [0.29, 0.717) is 0 Å². The maximum atomic E-state index is 12.2. The highest BCUT2D eigenvalue weighted by atomic mass is 16.1. The summed E-state index contributed by atoms with van der Waals surface area (Å²) in [7, 11) is 0. The summed E-state index contributed by atoms with van der Waals surface area (Å²) in [5.74, 6) is 0.205. The van der Waals surface area contributed by atoms with E-state index in [2.05, 4.69) is 4.98 Å². The van der Waals surface area contributed by atoms with Crippen molar-refractivity contribution >= 4 is 16.6 Å². The average molecular weight is 257 g/mol. The van der Waals surface area contributed by atoms with Crippen LogP contribution < -0.4 is 0 Å². The quantitative estimate of drug-likeness (QED) is 0.681. The Balaban J connectivity index is 0.000000415. The van der Waals surface area contributed by atoms with Crippen LogP contribution in [0.25, 0.3) is 10.8 Å². The van der Waals surface area contributed by atoms with E-state index in [1.807, 2.05) is 72.1 Å². The lowest BCUT2D eigenvalue weighted by molar-refractivity contribution is 0.0919. The van der Waals surface area contributed by atoms with Crippen LogP contribution in [0, 0.1) is 0 Å². The lowest BCUT2D eigenvalue weighted by Crippen LogP contribution is -2.23. The Bertz CT molecular complexity index is 580. The Kier molecular flexibility index (Phi) is 4.82. The van der Waals surface area contributed by atoms with Crippen molar-refractivity contribution in [2.45, 2.75) is 47.0 Å². The van der Waals surface area contributed by atoms with Crippen molar-refractivity contribution in [3.63, 3.8) is 0 Å². The SMILES string of the molecule is CC.CC.CC1(C)C(=O)c2cccc3cncc1c23. The summed E-state index contributed by atoms with van der Waals surface area (Å²) >= 11 is 0. The Morgan fingerprint density at radius 1 is 1.00 bits per heavy atom. The number of ketones is 1. The average Bonchev–Trinajstić information content (AvgIpc) is 2.67. The summed E-state index contributed by atoms with van der Waals surface area (Å²) in [6.07, 6.45) is 3.63. The normalized spacial score (nSPS) is 14.3. The number of benzene rings is 1. The summed E-state index contributed by atoms with van der Waals surface area (Å²) in [5, 5.41) is 2.14. The van der Waals surface area contributed by atoms with Gasteiger partial charge in [0.2, 0.25) is 0 Å². The van der Waals surface area contributed by atoms with Crippen molar-refractivity contribution in [1.29, 1.82) is 0 Å². The third kappa shape index (κ3) is 2.27. The topological polar surface area (TPSA) is 30.0 Å². The summed E-state index contributed by atoms with van der Waals surface area (Å²) in [6, 6.07) is 5.83. The second kappa shape index (κ2) is 5.96. The maximum absolute atomic E-state index is 12.2. The number of pyridine rings is 1. The Labute approximate surface area is 115 Å². The second-order valence-electron chi connectivity index (χ2n) is 4.54. The lowest BCUT2D eigenvalue weighted by Gasteiger charge is -2.16. The first-order valence-corrected chi connectivity index (χ1v) is 7.04. The zero-order valence-electron chi connectivity index (χ0n) is 12.7. The van der Waals surface area contributed by atoms with E-state index in [1.54, 1.807) is 0 Å². The molecule has 1 aromatic carbocycles. The molecule has 0 saturated heterocycles. The van der Waals surface area contributed by atoms with Crippen LogP contribution in [-0.4, -0.2) is 10.8 Å². The Hall–Kier alpha value is -1.70. The van der Waals surface area contributed by atoms with E-state index in [-0.39, 0.29) is 5.78 Å². The molecule has 0 atom stereocenters. The highest BCUT2D eigenvalue weighted by Gasteiger charge is 2.39. The van der Waals surface area contributed by atoms with Crippen LogP contribution in [0.4, 0.5) is 0 Å². The van der Waals surface area contributed by atoms with Crippen LogP contribution in [0.1, 0.15) is 57.5 Å². The standard InChI is InChI=1S/C13H11NO.2C2H6/c1-13(2)10-7-14-6-8-4-3-5-9(11(8)10)12(13)15;2*1-2/h3-7H,1-2H3;2*1-2H3. The van der Waals surface area contributed by atoms with Crippen LogP contribution in [0.15, 0.2) is 30.6 Å². The molecule has 2 nitrogen and oxygen atoms in total. The molecule has 2 heteroatoms. The number of nitrogens with zero attached hydrogens (tertiary/aromatic N) is 1. The summed E-state index contributed by atoms with van der Waals surface area (Å²) in [6.45, 7) is 11.9. The number of hydrogen-bond acceptors (Lipinski definition) is 2. The van der Waals surface area contributed by atoms with E-state index < -0.39 is 5.41 Å². The van der Waals surface area contributed by atoms with Gasteiger partial charge in [-0.3, -0.25) is 9.78 Å². The fourth-order valence-electron chi connectivity index (χ4n) is 2.36. The van der Waals surface area contributed by atoms with Crippen LogP contribution >= 0.6 is 0 Å². The van der Waals surface area contributed by atoms with Crippen molar-refractivity contribution in [3.8, 4) is 0 Å². The molecular formula is C17H23NO. The van der Waals surface area contributed by atoms with Crippen LogP contribution in [0.3, 0.4) is 0 Å². The van der Waals surface area contributed by atoms with Crippen molar-refractivity contribution in [3.05, 3.63) is 41.7 Å². The minimum atomic E-state index is -0.420. The summed E-state index contributed by atoms with van der Waals surface area (Å²) < 4.78 is 0. The first-order chi connectivity index (χ1) is 9.12. The van der Waals surface area contributed by atoms with E-state index in [0.717, 1.165) is 21.9 Å². The molecule has 0 fully saturated rings. The van der Waals surface area contributed by atoms with Gasteiger partial charge in [0.25, 0.3) is 0 Å². The minimum Gasteiger partial charge on any atom is -0.293 e. The number of carbonyl (C=O) groups excluding carboxylic acids is 1. The molecule has 0 amide bonds. The van der Waals surface area contributed by atoms with Crippen LogP contribution in [-0.2, 0) is 5.41 Å². The van der Waals surface area contributed by atoms with Gasteiger partial charge >= 0.3 is 0 Å². The molecule has 0 aliphatic heterocycles. The predicted molar refractivity (Wildman–Crippen MR) is 81.8 cm³/mol. The summed E-state index contributed by atoms with van der Waals surface area (Å²) in [5.41, 5.74) is 1.48. The zero-order chi connectivity index (χ0) is 14.6. The van der Waals surface area contributed by atoms with Gasteiger partial charge < -0.3 is 0 Å². The van der Waals surface area contributed by atoms with Crippen molar-refractivity contribution in [2.24, 2.45) is 0 Å². The summed E-state index contributed by atoms with van der Waals surface area (Å²) in [4.78, 5) is 16.4. The Morgan fingerprint density at radius 3 is 2.26 bits per heavy atom. The van der Waals surface area contributed by atoms with Gasteiger partial charge in [-0.2, -0.15) is 0 Å². The predicted octanol–water partition coefficient (Wildman–Crippen LogP) is 4.76. The number of hydrogen-bond donors (Lipinski definition) is 0. The number of carbonyl (C=O) groups is 1. The van der Waals surface area contributed by atoms with Crippen LogP contribution in [0.5, 0.6) is 0 Å². The molecule has 0 N–H and O–H groups in total. The van der Waals surface area contributed by atoms with Crippen LogP contribution in [0.2, 0.25) is 0 Å². The van der Waals surface area contributed by atoms with Gasteiger partial charge in [0.1, 0.15) is 0 Å². The second-order valence-corrected chi connectivity index (χ2v) is 4.54. The third-order valence-corrected chi connectivity index (χ3v) is 3.27. The van der Waals surface area contributed by atoms with Gasteiger partial charge in [0.15, 0.2) is 5.78 Å². The minimum absolute atomic E-state index is 0.205. The third-order valence-electron chi connectivity index (χ3n) is 3.27. The van der Waals surface area contributed by atoms with E-state index >= 15 is 0 Å². The molecule has 3 rings (SSSR count). The van der Waals surface area contributed by atoms with Crippen molar-refractivity contribution in [1.82, 2.24) is 4.98 Å². The van der Waals surface area contributed by atoms with Gasteiger partial charge in [0, 0.05) is 23.3 Å². The zero-order valence-corrected chi connectivity index (χ0v) is 12.7. The molecule has 19 heavy (non-hydrogen) atoms. The van der Waals surface area contributed by atoms with Gasteiger partial charge in [-0.1, -0.05) is 45.9 Å². The first-order valence-electron chi connectivity index (χ1n) is 7.04. The monoisotopic (exact) mass is 257 g/mol. The highest BCUT2D eigenvalue weighted by Crippen LogP contribution is 2.41. The van der Waals surface area contributed by atoms with Gasteiger partial charge in [-0.05, 0) is 24.8 Å². The smallest absolute Gasteiger partial charge is 0.173 e. The molecule has 0 saturated carbocycles. The molecule has 0 unspecified atom stereocenters. The molecule has 2 aromatic rings. The first kappa shape index (κ1) is 15.4.